The molecule has 0 saturated heterocycles. The number of nitrogens with one attached hydrogen (secondary N) is 2. The lowest BCUT2D eigenvalue weighted by molar-refractivity contribution is -0.122. The Morgan fingerprint density at radius 2 is 1.06 bits per heavy atom. The first-order valence-electron chi connectivity index (χ1n) is 10.6. The highest BCUT2D eigenvalue weighted by Crippen LogP contribution is 2.17. The Morgan fingerprint density at radius 1 is 0.688 bits per heavy atom. The number of rotatable bonds is 11. The van der Waals surface area contributed by atoms with Crippen LogP contribution >= 0.6 is 0 Å². The molecule has 0 saturated carbocycles. The second-order valence-electron chi connectivity index (χ2n) is 7.41. The van der Waals surface area contributed by atoms with Crippen LogP contribution in [0, 0.1) is 0 Å². The van der Waals surface area contributed by atoms with Crippen molar-refractivity contribution in [2.24, 2.45) is 10.2 Å². The Hall–Kier alpha value is -3.68. The Balaban J connectivity index is 1.60. The van der Waals surface area contributed by atoms with Crippen molar-refractivity contribution in [3.63, 3.8) is 0 Å². The van der Waals surface area contributed by atoms with Gasteiger partial charge in [0.1, 0.15) is 11.5 Å². The number of carbonyl (C=O) groups excluding carboxylic acids is 2. The maximum atomic E-state index is 11.9. The van der Waals surface area contributed by atoms with Gasteiger partial charge in [0.25, 0.3) is 0 Å². The summed E-state index contributed by atoms with van der Waals surface area (Å²) in [4.78, 5) is 23.8. The minimum atomic E-state index is -0.188. The lowest BCUT2D eigenvalue weighted by Gasteiger charge is -2.05. The van der Waals surface area contributed by atoms with Gasteiger partial charge in [-0.15, -0.1) is 0 Å². The van der Waals surface area contributed by atoms with Crippen LogP contribution in [-0.2, 0) is 9.59 Å². The van der Waals surface area contributed by atoms with Gasteiger partial charge >= 0.3 is 0 Å². The molecular formula is C24H30N4O4. The monoisotopic (exact) mass is 438 g/mol. The molecule has 0 aliphatic rings. The van der Waals surface area contributed by atoms with Gasteiger partial charge in [0.2, 0.25) is 11.8 Å². The van der Waals surface area contributed by atoms with Crippen molar-refractivity contribution in [2.75, 3.05) is 0 Å². The largest absolute Gasteiger partial charge is 0.507 e. The van der Waals surface area contributed by atoms with E-state index in [1.54, 1.807) is 62.4 Å². The molecule has 0 atom stereocenters. The van der Waals surface area contributed by atoms with Gasteiger partial charge in [-0.05, 0) is 51.0 Å². The fourth-order valence-electron chi connectivity index (χ4n) is 3.01. The summed E-state index contributed by atoms with van der Waals surface area (Å²) in [6.45, 7) is 3.43. The molecule has 0 aliphatic heterocycles. The summed E-state index contributed by atoms with van der Waals surface area (Å²) < 4.78 is 0. The van der Waals surface area contributed by atoms with E-state index in [0.29, 0.717) is 48.2 Å². The van der Waals surface area contributed by atoms with Crippen molar-refractivity contribution in [1.29, 1.82) is 0 Å². The number of aromatic hydroxyl groups is 2. The van der Waals surface area contributed by atoms with E-state index in [0.717, 1.165) is 12.8 Å². The third-order valence-electron chi connectivity index (χ3n) is 4.84. The number of phenolic OH excluding ortho intramolecular Hbond substituents is 2. The van der Waals surface area contributed by atoms with Crippen LogP contribution in [0.1, 0.15) is 63.5 Å². The Labute approximate surface area is 188 Å². The number of unbranched alkanes of at least 4 members (excludes halogenated alkanes) is 3. The van der Waals surface area contributed by atoms with Gasteiger partial charge in [0.15, 0.2) is 0 Å². The summed E-state index contributed by atoms with van der Waals surface area (Å²) >= 11 is 0. The summed E-state index contributed by atoms with van der Waals surface area (Å²) in [5, 5.41) is 27.7. The van der Waals surface area contributed by atoms with Gasteiger partial charge < -0.3 is 10.2 Å². The topological polar surface area (TPSA) is 123 Å². The molecule has 4 N–H and O–H groups in total. The standard InChI is InChI=1S/C24H30N4O4/c1-17(19-11-7-9-13-21(19)29)25-27-23(31)15-5-3-4-6-16-24(32)28-26-18(2)20-12-8-10-14-22(20)30/h7-14,29-30H,3-6,15-16H2,1-2H3,(H,27,31)(H,28,32). The van der Waals surface area contributed by atoms with E-state index in [2.05, 4.69) is 21.1 Å². The van der Waals surface area contributed by atoms with E-state index < -0.39 is 0 Å². The quantitative estimate of drug-likeness (QED) is 0.242. The molecule has 0 spiro atoms. The lowest BCUT2D eigenvalue weighted by Crippen LogP contribution is -2.19. The van der Waals surface area contributed by atoms with E-state index in [4.69, 9.17) is 0 Å². The molecule has 0 bridgehead atoms. The van der Waals surface area contributed by atoms with E-state index in [-0.39, 0.29) is 23.3 Å². The fourth-order valence-corrected chi connectivity index (χ4v) is 3.01. The maximum Gasteiger partial charge on any atom is 0.240 e. The number of nitrogens with zero attached hydrogens (tertiary/aromatic N) is 2. The number of carbonyl (C=O) groups is 2. The maximum absolute atomic E-state index is 11.9. The number of para-hydroxylation sites is 2. The van der Waals surface area contributed by atoms with Crippen LogP contribution in [0.5, 0.6) is 11.5 Å². The number of hydrogen-bond donors (Lipinski definition) is 4. The van der Waals surface area contributed by atoms with Crippen molar-refractivity contribution in [1.82, 2.24) is 10.9 Å². The predicted molar refractivity (Wildman–Crippen MR) is 125 cm³/mol. The van der Waals surface area contributed by atoms with Crippen LogP contribution < -0.4 is 10.9 Å². The predicted octanol–water partition coefficient (Wildman–Crippen LogP) is 3.82. The number of benzene rings is 2. The lowest BCUT2D eigenvalue weighted by atomic mass is 10.1. The molecule has 0 aliphatic carbocycles. The first-order chi connectivity index (χ1) is 15.4. The van der Waals surface area contributed by atoms with Crippen molar-refractivity contribution in [3.05, 3.63) is 59.7 Å². The highest BCUT2D eigenvalue weighted by Gasteiger charge is 2.06. The van der Waals surface area contributed by atoms with E-state index in [9.17, 15) is 19.8 Å². The molecule has 8 heteroatoms. The van der Waals surface area contributed by atoms with Gasteiger partial charge in [0.05, 0.1) is 11.4 Å². The zero-order valence-electron chi connectivity index (χ0n) is 18.5. The highest BCUT2D eigenvalue weighted by atomic mass is 16.3. The zero-order valence-corrected chi connectivity index (χ0v) is 18.5. The Morgan fingerprint density at radius 3 is 1.44 bits per heavy atom. The molecule has 2 aromatic carbocycles. The first kappa shape index (κ1) is 24.6. The number of hydrogen-bond acceptors (Lipinski definition) is 6. The van der Waals surface area contributed by atoms with Gasteiger partial charge in [-0.2, -0.15) is 10.2 Å². The minimum Gasteiger partial charge on any atom is -0.507 e. The van der Waals surface area contributed by atoms with Gasteiger partial charge in [0, 0.05) is 24.0 Å². The summed E-state index contributed by atoms with van der Waals surface area (Å²) in [5.41, 5.74) is 7.22. The van der Waals surface area contributed by atoms with E-state index in [1.165, 1.54) is 0 Å². The molecule has 0 radical (unpaired) electrons. The number of amides is 2. The zero-order chi connectivity index (χ0) is 23.3. The van der Waals surface area contributed by atoms with Crippen LogP contribution in [0.2, 0.25) is 0 Å². The third kappa shape index (κ3) is 8.22. The molecule has 0 unspecified atom stereocenters. The van der Waals surface area contributed by atoms with Crippen LogP contribution in [0.4, 0.5) is 0 Å². The molecule has 2 amide bonds. The second-order valence-corrected chi connectivity index (χ2v) is 7.41. The van der Waals surface area contributed by atoms with Crippen LogP contribution in [0.25, 0.3) is 0 Å². The third-order valence-corrected chi connectivity index (χ3v) is 4.84. The molecule has 32 heavy (non-hydrogen) atoms. The molecular weight excluding hydrogens is 408 g/mol. The molecule has 2 rings (SSSR count). The molecule has 8 nitrogen and oxygen atoms in total. The van der Waals surface area contributed by atoms with E-state index >= 15 is 0 Å². The fraction of sp³-hybridized carbons (Fsp3) is 0.333. The van der Waals surface area contributed by atoms with Crippen molar-refractivity contribution in [2.45, 2.75) is 52.4 Å². The molecule has 2 aromatic rings. The van der Waals surface area contributed by atoms with E-state index in [1.807, 2.05) is 0 Å². The number of phenols is 2. The summed E-state index contributed by atoms with van der Waals surface area (Å²) in [6, 6.07) is 13.6. The summed E-state index contributed by atoms with van der Waals surface area (Å²) in [6.07, 6.45) is 3.72. The Bertz CT molecular complexity index is 906. The van der Waals surface area contributed by atoms with Crippen LogP contribution in [0.15, 0.2) is 58.7 Å². The van der Waals surface area contributed by atoms with Crippen molar-refractivity contribution >= 4 is 23.2 Å². The normalized spacial score (nSPS) is 11.8. The van der Waals surface area contributed by atoms with Gasteiger partial charge in [-0.1, -0.05) is 37.1 Å². The summed E-state index contributed by atoms with van der Waals surface area (Å²) in [5.74, 6) is -0.143. The summed E-state index contributed by atoms with van der Waals surface area (Å²) in [7, 11) is 0. The average Bonchev–Trinajstić information content (AvgIpc) is 2.78. The van der Waals surface area contributed by atoms with Gasteiger partial charge in [-0.3, -0.25) is 9.59 Å². The molecule has 0 aromatic heterocycles. The Kier molecular flexibility index (Phi) is 9.90. The van der Waals surface area contributed by atoms with Crippen LogP contribution in [0.3, 0.4) is 0 Å². The van der Waals surface area contributed by atoms with Crippen molar-refractivity contribution in [3.8, 4) is 11.5 Å². The van der Waals surface area contributed by atoms with Gasteiger partial charge in [-0.25, -0.2) is 10.9 Å². The van der Waals surface area contributed by atoms with Crippen LogP contribution in [-0.4, -0.2) is 33.5 Å². The molecule has 0 heterocycles. The highest BCUT2D eigenvalue weighted by molar-refractivity contribution is 6.02. The molecule has 0 fully saturated rings. The minimum absolute atomic E-state index is 0.117. The first-order valence-corrected chi connectivity index (χ1v) is 10.6. The van der Waals surface area contributed by atoms with Crippen molar-refractivity contribution < 1.29 is 19.8 Å². The molecule has 170 valence electrons. The SMILES string of the molecule is CC(=NNC(=O)CCCCCCC(=O)NN=C(C)c1ccccc1O)c1ccccc1O. The number of hydrazone groups is 2. The smallest absolute Gasteiger partial charge is 0.240 e. The average molecular weight is 439 g/mol. The second kappa shape index (κ2) is 12.9.